The molecule has 3 heterocycles. The number of aromatic nitrogens is 2. The van der Waals surface area contributed by atoms with Crippen LogP contribution in [0.4, 0.5) is 0 Å². The zero-order valence-electron chi connectivity index (χ0n) is 10.7. The fourth-order valence-electron chi connectivity index (χ4n) is 2.29. The lowest BCUT2D eigenvalue weighted by Gasteiger charge is -2.19. The number of rotatable bonds is 3. The third kappa shape index (κ3) is 2.33. The number of hydrogen-bond donors (Lipinski definition) is 1. The third-order valence-electron chi connectivity index (χ3n) is 3.26. The SMILES string of the molecule is CCC1=C(c2ccc(-n3ccnc3)s2)CCC(=O)N1. The maximum atomic E-state index is 11.4. The van der Waals surface area contributed by atoms with E-state index in [2.05, 4.69) is 29.4 Å². The molecule has 4 nitrogen and oxygen atoms in total. The van der Waals surface area contributed by atoms with Gasteiger partial charge in [-0.25, -0.2) is 4.98 Å². The number of amides is 1. The normalized spacial score (nSPS) is 15.7. The zero-order chi connectivity index (χ0) is 13.2. The Kier molecular flexibility index (Phi) is 3.21. The Morgan fingerprint density at radius 1 is 1.42 bits per heavy atom. The second kappa shape index (κ2) is 5.01. The molecule has 0 saturated heterocycles. The van der Waals surface area contributed by atoms with Crippen LogP contribution >= 0.6 is 11.3 Å². The van der Waals surface area contributed by atoms with E-state index >= 15 is 0 Å². The van der Waals surface area contributed by atoms with Crippen LogP contribution in [0.3, 0.4) is 0 Å². The first-order valence-electron chi connectivity index (χ1n) is 6.38. The molecule has 0 bridgehead atoms. The Morgan fingerprint density at radius 3 is 3.05 bits per heavy atom. The summed E-state index contributed by atoms with van der Waals surface area (Å²) < 4.78 is 2.00. The van der Waals surface area contributed by atoms with Gasteiger partial charge in [0.15, 0.2) is 0 Å². The molecule has 0 unspecified atom stereocenters. The highest BCUT2D eigenvalue weighted by Crippen LogP contribution is 2.33. The van der Waals surface area contributed by atoms with E-state index in [1.54, 1.807) is 23.9 Å². The molecular weight excluding hydrogens is 258 g/mol. The highest BCUT2D eigenvalue weighted by atomic mass is 32.1. The second-order valence-corrected chi connectivity index (χ2v) is 5.53. The van der Waals surface area contributed by atoms with Gasteiger partial charge >= 0.3 is 0 Å². The zero-order valence-corrected chi connectivity index (χ0v) is 11.5. The quantitative estimate of drug-likeness (QED) is 0.934. The topological polar surface area (TPSA) is 46.9 Å². The van der Waals surface area contributed by atoms with E-state index in [0.29, 0.717) is 6.42 Å². The van der Waals surface area contributed by atoms with Crippen molar-refractivity contribution < 1.29 is 4.79 Å². The molecular formula is C14H15N3OS. The number of nitrogens with one attached hydrogen (secondary N) is 1. The van der Waals surface area contributed by atoms with Gasteiger partial charge in [-0.1, -0.05) is 6.92 Å². The van der Waals surface area contributed by atoms with Crippen molar-refractivity contribution in [2.24, 2.45) is 0 Å². The molecule has 2 aromatic rings. The van der Waals surface area contributed by atoms with E-state index in [1.807, 2.05) is 10.8 Å². The first-order chi connectivity index (χ1) is 9.28. The van der Waals surface area contributed by atoms with Gasteiger partial charge in [0.1, 0.15) is 5.00 Å². The number of thiophene rings is 1. The maximum Gasteiger partial charge on any atom is 0.224 e. The molecule has 0 spiro atoms. The lowest BCUT2D eigenvalue weighted by molar-refractivity contribution is -0.120. The molecule has 2 aromatic heterocycles. The van der Waals surface area contributed by atoms with Crippen molar-refractivity contribution in [2.75, 3.05) is 0 Å². The van der Waals surface area contributed by atoms with Gasteiger partial charge in [-0.3, -0.25) is 9.36 Å². The van der Waals surface area contributed by atoms with Crippen molar-refractivity contribution in [1.29, 1.82) is 0 Å². The summed E-state index contributed by atoms with van der Waals surface area (Å²) in [5, 5.41) is 4.13. The van der Waals surface area contributed by atoms with E-state index in [-0.39, 0.29) is 5.91 Å². The lowest BCUT2D eigenvalue weighted by atomic mass is 10.0. The molecule has 0 saturated carbocycles. The predicted molar refractivity (Wildman–Crippen MR) is 76.0 cm³/mol. The van der Waals surface area contributed by atoms with Crippen LogP contribution in [-0.4, -0.2) is 15.5 Å². The predicted octanol–water partition coefficient (Wildman–Crippen LogP) is 2.96. The molecule has 0 aliphatic carbocycles. The summed E-state index contributed by atoms with van der Waals surface area (Å²) in [6.07, 6.45) is 7.78. The summed E-state index contributed by atoms with van der Waals surface area (Å²) in [5.74, 6) is 0.131. The van der Waals surface area contributed by atoms with Gasteiger partial charge in [-0.15, -0.1) is 11.3 Å². The first kappa shape index (κ1) is 12.2. The van der Waals surface area contributed by atoms with Crippen molar-refractivity contribution in [3.05, 3.63) is 41.4 Å². The van der Waals surface area contributed by atoms with Gasteiger partial charge in [0.2, 0.25) is 5.91 Å². The van der Waals surface area contributed by atoms with Crippen molar-refractivity contribution in [3.8, 4) is 5.00 Å². The fourth-order valence-corrected chi connectivity index (χ4v) is 3.35. The van der Waals surface area contributed by atoms with E-state index in [0.717, 1.165) is 23.5 Å². The lowest BCUT2D eigenvalue weighted by Crippen LogP contribution is -2.27. The van der Waals surface area contributed by atoms with Crippen LogP contribution in [-0.2, 0) is 4.79 Å². The largest absolute Gasteiger partial charge is 0.329 e. The van der Waals surface area contributed by atoms with Crippen LogP contribution in [0.25, 0.3) is 10.6 Å². The van der Waals surface area contributed by atoms with Crippen LogP contribution in [0.15, 0.2) is 36.6 Å². The highest BCUT2D eigenvalue weighted by molar-refractivity contribution is 7.15. The van der Waals surface area contributed by atoms with Crippen LogP contribution in [0.2, 0.25) is 0 Å². The third-order valence-corrected chi connectivity index (χ3v) is 4.42. The molecule has 19 heavy (non-hydrogen) atoms. The van der Waals surface area contributed by atoms with E-state index in [4.69, 9.17) is 0 Å². The minimum absolute atomic E-state index is 0.131. The number of imidazole rings is 1. The number of allylic oxidation sites excluding steroid dienone is 2. The molecule has 1 amide bonds. The first-order valence-corrected chi connectivity index (χ1v) is 7.20. The molecule has 1 aliphatic heterocycles. The summed E-state index contributed by atoms with van der Waals surface area (Å²) in [4.78, 5) is 16.7. The monoisotopic (exact) mass is 273 g/mol. The molecule has 98 valence electrons. The summed E-state index contributed by atoms with van der Waals surface area (Å²) in [6.45, 7) is 2.07. The smallest absolute Gasteiger partial charge is 0.224 e. The Hall–Kier alpha value is -1.88. The van der Waals surface area contributed by atoms with Gasteiger partial charge in [-0.2, -0.15) is 0 Å². The minimum Gasteiger partial charge on any atom is -0.329 e. The number of hydrogen-bond acceptors (Lipinski definition) is 3. The van der Waals surface area contributed by atoms with E-state index < -0.39 is 0 Å². The maximum absolute atomic E-state index is 11.4. The second-order valence-electron chi connectivity index (χ2n) is 4.47. The fraction of sp³-hybridized carbons (Fsp3) is 0.286. The molecule has 0 aromatic carbocycles. The van der Waals surface area contributed by atoms with Crippen LogP contribution in [0.5, 0.6) is 0 Å². The van der Waals surface area contributed by atoms with Gasteiger partial charge < -0.3 is 5.32 Å². The number of carbonyl (C=O) groups excluding carboxylic acids is 1. The molecule has 1 N–H and O–H groups in total. The van der Waals surface area contributed by atoms with Gasteiger partial charge in [0.25, 0.3) is 0 Å². The average molecular weight is 273 g/mol. The summed E-state index contributed by atoms with van der Waals surface area (Å²) >= 11 is 1.73. The van der Waals surface area contributed by atoms with Gasteiger partial charge in [0, 0.05) is 29.4 Å². The van der Waals surface area contributed by atoms with E-state index in [9.17, 15) is 4.79 Å². The van der Waals surface area contributed by atoms with Crippen LogP contribution < -0.4 is 5.32 Å². The molecule has 0 fully saturated rings. The van der Waals surface area contributed by atoms with Crippen molar-refractivity contribution in [2.45, 2.75) is 26.2 Å². The minimum atomic E-state index is 0.131. The molecule has 5 heteroatoms. The van der Waals surface area contributed by atoms with Crippen molar-refractivity contribution in [3.63, 3.8) is 0 Å². The molecule has 3 rings (SSSR count). The molecule has 1 aliphatic rings. The standard InChI is InChI=1S/C14H15N3OS/c1-2-11-10(3-5-13(18)16-11)12-4-6-14(19-12)17-8-7-15-9-17/h4,6-9H,2-3,5H2,1H3,(H,16,18). The van der Waals surface area contributed by atoms with E-state index in [1.165, 1.54) is 10.5 Å². The van der Waals surface area contributed by atoms with Crippen LogP contribution in [0.1, 0.15) is 31.1 Å². The molecule has 0 radical (unpaired) electrons. The summed E-state index contributed by atoms with van der Waals surface area (Å²) in [6, 6.07) is 4.22. The Morgan fingerprint density at radius 2 is 2.32 bits per heavy atom. The molecule has 0 atom stereocenters. The Balaban J connectivity index is 1.96. The Labute approximate surface area is 115 Å². The summed E-state index contributed by atoms with van der Waals surface area (Å²) in [5.41, 5.74) is 2.34. The van der Waals surface area contributed by atoms with Crippen molar-refractivity contribution >= 4 is 22.8 Å². The van der Waals surface area contributed by atoms with Gasteiger partial charge in [-0.05, 0) is 30.5 Å². The van der Waals surface area contributed by atoms with Gasteiger partial charge in [0.05, 0.1) is 6.33 Å². The summed E-state index contributed by atoms with van der Waals surface area (Å²) in [7, 11) is 0. The number of nitrogens with zero attached hydrogens (tertiary/aromatic N) is 2. The van der Waals surface area contributed by atoms with Crippen LogP contribution in [0, 0.1) is 0 Å². The average Bonchev–Trinajstić information content (AvgIpc) is 3.09. The highest BCUT2D eigenvalue weighted by Gasteiger charge is 2.19. The van der Waals surface area contributed by atoms with Crippen molar-refractivity contribution in [1.82, 2.24) is 14.9 Å². The Bertz CT molecular complexity index is 625. The number of carbonyl (C=O) groups is 1.